The average molecular weight is 383 g/mol. The highest BCUT2D eigenvalue weighted by Gasteiger charge is 2.30. The van der Waals surface area contributed by atoms with E-state index in [2.05, 4.69) is 10.3 Å². The van der Waals surface area contributed by atoms with Crippen molar-refractivity contribution in [1.82, 2.24) is 9.38 Å². The number of alkyl halides is 3. The standard InChI is InChI=1S/C16H12F3N3O3S/c1-26(24,25)15-21-13(12-4-2-3-9-22(12)15)14(23)20-11-7-5-10(6-8-11)16(17,18)19/h2-9H,1H3,(H,20,23). The first-order chi connectivity index (χ1) is 12.1. The van der Waals surface area contributed by atoms with Gasteiger partial charge < -0.3 is 5.32 Å². The maximum absolute atomic E-state index is 12.6. The first kappa shape index (κ1) is 17.9. The zero-order chi connectivity index (χ0) is 19.1. The van der Waals surface area contributed by atoms with E-state index in [1.807, 2.05) is 0 Å². The second-order valence-electron chi connectivity index (χ2n) is 5.50. The van der Waals surface area contributed by atoms with Crippen molar-refractivity contribution < 1.29 is 26.4 Å². The van der Waals surface area contributed by atoms with Crippen LogP contribution in [0.1, 0.15) is 16.1 Å². The third-order valence-electron chi connectivity index (χ3n) is 3.53. The van der Waals surface area contributed by atoms with E-state index in [0.29, 0.717) is 0 Å². The van der Waals surface area contributed by atoms with E-state index in [1.54, 1.807) is 12.1 Å². The lowest BCUT2D eigenvalue weighted by atomic mass is 10.2. The summed E-state index contributed by atoms with van der Waals surface area (Å²) in [6, 6.07) is 8.60. The Morgan fingerprint density at radius 1 is 1.12 bits per heavy atom. The minimum absolute atomic E-state index is 0.126. The number of nitrogens with zero attached hydrogens (tertiary/aromatic N) is 2. The Morgan fingerprint density at radius 3 is 2.35 bits per heavy atom. The van der Waals surface area contributed by atoms with Gasteiger partial charge in [0.1, 0.15) is 0 Å². The van der Waals surface area contributed by atoms with E-state index >= 15 is 0 Å². The van der Waals surface area contributed by atoms with Crippen LogP contribution in [0.5, 0.6) is 0 Å². The number of aromatic nitrogens is 2. The lowest BCUT2D eigenvalue weighted by Crippen LogP contribution is -2.13. The molecule has 136 valence electrons. The molecule has 2 aromatic heterocycles. The number of nitrogens with one attached hydrogen (secondary N) is 1. The Kier molecular flexibility index (Phi) is 4.23. The number of amides is 1. The highest BCUT2D eigenvalue weighted by atomic mass is 32.2. The van der Waals surface area contributed by atoms with Crippen molar-refractivity contribution in [1.29, 1.82) is 0 Å². The Balaban J connectivity index is 1.96. The van der Waals surface area contributed by atoms with Gasteiger partial charge in [0.15, 0.2) is 5.69 Å². The number of benzene rings is 1. The van der Waals surface area contributed by atoms with Gasteiger partial charge in [-0.2, -0.15) is 13.2 Å². The summed E-state index contributed by atoms with van der Waals surface area (Å²) in [7, 11) is -3.69. The number of halogens is 3. The number of pyridine rings is 1. The van der Waals surface area contributed by atoms with Crippen LogP contribution < -0.4 is 5.32 Å². The second-order valence-corrected chi connectivity index (χ2v) is 7.41. The topological polar surface area (TPSA) is 80.5 Å². The molecule has 0 saturated carbocycles. The predicted molar refractivity (Wildman–Crippen MR) is 87.7 cm³/mol. The molecule has 1 N–H and O–H groups in total. The summed E-state index contributed by atoms with van der Waals surface area (Å²) < 4.78 is 62.7. The summed E-state index contributed by atoms with van der Waals surface area (Å²) in [5.41, 5.74) is -0.605. The van der Waals surface area contributed by atoms with Crippen LogP contribution in [0.25, 0.3) is 5.52 Å². The summed E-state index contributed by atoms with van der Waals surface area (Å²) in [6.07, 6.45) is -2.06. The van der Waals surface area contributed by atoms with Crippen LogP contribution >= 0.6 is 0 Å². The van der Waals surface area contributed by atoms with Gasteiger partial charge in [0, 0.05) is 18.1 Å². The molecule has 6 nitrogen and oxygen atoms in total. The number of hydrogen-bond acceptors (Lipinski definition) is 4. The summed E-state index contributed by atoms with van der Waals surface area (Å²) in [5, 5.41) is 2.12. The van der Waals surface area contributed by atoms with Crippen LogP contribution in [0, 0.1) is 0 Å². The summed E-state index contributed by atoms with van der Waals surface area (Å²) in [5.74, 6) is -0.733. The zero-order valence-electron chi connectivity index (χ0n) is 13.3. The minimum atomic E-state index is -4.48. The molecule has 2 heterocycles. The molecule has 0 aliphatic rings. The lowest BCUT2D eigenvalue weighted by Gasteiger charge is -2.08. The van der Waals surface area contributed by atoms with E-state index in [9.17, 15) is 26.4 Å². The molecule has 1 aromatic carbocycles. The first-order valence-electron chi connectivity index (χ1n) is 7.23. The molecule has 0 radical (unpaired) electrons. The molecule has 0 unspecified atom stereocenters. The number of imidazole rings is 1. The van der Waals surface area contributed by atoms with Crippen LogP contribution in [0.15, 0.2) is 53.8 Å². The molecule has 0 atom stereocenters. The van der Waals surface area contributed by atoms with Gasteiger partial charge in [-0.25, -0.2) is 13.4 Å². The highest BCUT2D eigenvalue weighted by molar-refractivity contribution is 7.90. The molecule has 3 aromatic rings. The molecule has 10 heteroatoms. The molecule has 0 bridgehead atoms. The summed E-state index contributed by atoms with van der Waals surface area (Å²) in [4.78, 5) is 16.3. The minimum Gasteiger partial charge on any atom is -0.321 e. The van der Waals surface area contributed by atoms with Gasteiger partial charge in [-0.3, -0.25) is 9.20 Å². The fraction of sp³-hybridized carbons (Fsp3) is 0.125. The number of rotatable bonds is 3. The van der Waals surface area contributed by atoms with Crippen molar-refractivity contribution in [2.45, 2.75) is 11.3 Å². The van der Waals surface area contributed by atoms with Gasteiger partial charge in [0.2, 0.25) is 15.0 Å². The summed E-state index contributed by atoms with van der Waals surface area (Å²) >= 11 is 0. The quantitative estimate of drug-likeness (QED) is 0.754. The normalized spacial score (nSPS) is 12.3. The number of sulfone groups is 1. The van der Waals surface area contributed by atoms with Crippen LogP contribution in [0.4, 0.5) is 18.9 Å². The number of anilines is 1. The predicted octanol–water partition coefficient (Wildman–Crippen LogP) is 3.01. The molecule has 1 amide bonds. The van der Waals surface area contributed by atoms with Crippen LogP contribution in [-0.4, -0.2) is 30.0 Å². The molecule has 0 fully saturated rings. The largest absolute Gasteiger partial charge is 0.416 e. The van der Waals surface area contributed by atoms with Crippen molar-refractivity contribution in [3.63, 3.8) is 0 Å². The average Bonchev–Trinajstić information content (AvgIpc) is 2.94. The van der Waals surface area contributed by atoms with E-state index in [4.69, 9.17) is 0 Å². The molecule has 0 saturated heterocycles. The lowest BCUT2D eigenvalue weighted by molar-refractivity contribution is -0.137. The molecule has 0 aliphatic heterocycles. The van der Waals surface area contributed by atoms with Gasteiger partial charge in [-0.1, -0.05) is 6.07 Å². The monoisotopic (exact) mass is 383 g/mol. The summed E-state index contributed by atoms with van der Waals surface area (Å²) in [6.45, 7) is 0. The zero-order valence-corrected chi connectivity index (χ0v) is 14.1. The van der Waals surface area contributed by atoms with E-state index in [-0.39, 0.29) is 22.1 Å². The third kappa shape index (κ3) is 3.40. The van der Waals surface area contributed by atoms with Crippen molar-refractivity contribution in [3.8, 4) is 0 Å². The fourth-order valence-corrected chi connectivity index (χ4v) is 3.14. The third-order valence-corrected chi connectivity index (χ3v) is 4.48. The number of carbonyl (C=O) groups excluding carboxylic acids is 1. The van der Waals surface area contributed by atoms with Crippen molar-refractivity contribution in [3.05, 3.63) is 59.9 Å². The molecule has 0 aliphatic carbocycles. The molecule has 3 rings (SSSR count). The number of fused-ring (bicyclic) bond motifs is 1. The Bertz CT molecular complexity index is 1090. The van der Waals surface area contributed by atoms with Crippen molar-refractivity contribution in [2.75, 3.05) is 11.6 Å². The maximum Gasteiger partial charge on any atom is 0.416 e. The van der Waals surface area contributed by atoms with Gasteiger partial charge >= 0.3 is 6.18 Å². The Morgan fingerprint density at radius 2 is 1.77 bits per heavy atom. The van der Waals surface area contributed by atoms with Gasteiger partial charge in [0.25, 0.3) is 5.91 Å². The van der Waals surface area contributed by atoms with E-state index in [1.165, 1.54) is 16.7 Å². The van der Waals surface area contributed by atoms with Crippen LogP contribution in [0.2, 0.25) is 0 Å². The van der Waals surface area contributed by atoms with Gasteiger partial charge in [-0.15, -0.1) is 0 Å². The Labute approximate surface area is 146 Å². The first-order valence-corrected chi connectivity index (χ1v) is 9.12. The Hall–Kier alpha value is -2.88. The van der Waals surface area contributed by atoms with Crippen LogP contribution in [0.3, 0.4) is 0 Å². The van der Waals surface area contributed by atoms with E-state index in [0.717, 1.165) is 30.5 Å². The molecular weight excluding hydrogens is 371 g/mol. The maximum atomic E-state index is 12.6. The molecular formula is C16H12F3N3O3S. The van der Waals surface area contributed by atoms with Crippen LogP contribution in [-0.2, 0) is 16.0 Å². The van der Waals surface area contributed by atoms with E-state index < -0.39 is 27.5 Å². The van der Waals surface area contributed by atoms with Gasteiger partial charge in [-0.05, 0) is 36.4 Å². The van der Waals surface area contributed by atoms with Gasteiger partial charge in [0.05, 0.1) is 11.1 Å². The number of carbonyl (C=O) groups is 1. The fourth-order valence-electron chi connectivity index (χ4n) is 2.37. The highest BCUT2D eigenvalue weighted by Crippen LogP contribution is 2.30. The second kappa shape index (κ2) is 6.13. The number of hydrogen-bond donors (Lipinski definition) is 1. The molecule has 0 spiro atoms. The van der Waals surface area contributed by atoms with Crippen molar-refractivity contribution in [2.24, 2.45) is 0 Å². The smallest absolute Gasteiger partial charge is 0.321 e. The van der Waals surface area contributed by atoms with Crippen molar-refractivity contribution >= 4 is 26.9 Å². The molecule has 26 heavy (non-hydrogen) atoms. The SMILES string of the molecule is CS(=O)(=O)c1nc(C(=O)Nc2ccc(C(F)(F)F)cc2)c2ccccn12.